The van der Waals surface area contributed by atoms with Crippen molar-refractivity contribution >= 4 is 29.2 Å². The van der Waals surface area contributed by atoms with Gasteiger partial charge in [-0.3, -0.25) is 14.4 Å². The lowest BCUT2D eigenvalue weighted by Gasteiger charge is -2.31. The quantitative estimate of drug-likeness (QED) is 0.378. The predicted molar refractivity (Wildman–Crippen MR) is 133 cm³/mol. The van der Waals surface area contributed by atoms with Crippen molar-refractivity contribution in [3.05, 3.63) is 54.6 Å². The van der Waals surface area contributed by atoms with Crippen molar-refractivity contribution < 1.29 is 14.4 Å². The van der Waals surface area contributed by atoms with Crippen molar-refractivity contribution in [1.82, 2.24) is 35.6 Å². The highest BCUT2D eigenvalue weighted by molar-refractivity contribution is 5.95. The van der Waals surface area contributed by atoms with Gasteiger partial charge in [-0.25, -0.2) is 9.67 Å². The van der Waals surface area contributed by atoms with Crippen LogP contribution in [-0.4, -0.2) is 68.9 Å². The van der Waals surface area contributed by atoms with E-state index < -0.39 is 0 Å². The number of piperidine rings is 1. The third-order valence-corrected chi connectivity index (χ3v) is 5.94. The lowest BCUT2D eigenvalue weighted by Crippen LogP contribution is -2.42. The van der Waals surface area contributed by atoms with E-state index in [0.717, 1.165) is 5.82 Å². The van der Waals surface area contributed by atoms with Gasteiger partial charge in [0.05, 0.1) is 0 Å². The van der Waals surface area contributed by atoms with Gasteiger partial charge in [-0.2, -0.15) is 5.10 Å². The van der Waals surface area contributed by atoms with Crippen LogP contribution in [0.3, 0.4) is 0 Å². The van der Waals surface area contributed by atoms with Crippen molar-refractivity contribution in [1.29, 1.82) is 0 Å². The number of hydrogen-bond donors (Lipinski definition) is 3. The summed E-state index contributed by atoms with van der Waals surface area (Å²) in [6.07, 6.45) is 4.82. The molecule has 3 heterocycles. The first kappa shape index (κ1) is 24.8. The molecule has 2 aromatic heterocycles. The number of hydrogen-bond acceptors (Lipinski definition) is 8. The highest BCUT2D eigenvalue weighted by atomic mass is 16.2. The molecule has 1 fully saturated rings. The lowest BCUT2D eigenvalue weighted by atomic mass is 9.96. The summed E-state index contributed by atoms with van der Waals surface area (Å²) in [6.45, 7) is 3.87. The van der Waals surface area contributed by atoms with Gasteiger partial charge in [-0.05, 0) is 49.2 Å². The predicted octanol–water partition coefficient (Wildman–Crippen LogP) is 1.17. The standard InChI is InChI=1S/C24H29N9O3/c1-2-22(34)29-19-5-3-17(4-6-19)23(35)26-11-12-27-24(36)18-9-13-32(14-10-18)20-7-8-21(31-30-20)33-16-25-15-28-33/h3-8,15-16,18H,2,9-14H2,1H3,(H,26,35)(H,27,36)(H,29,34). The number of carbonyl (C=O) groups excluding carboxylic acids is 3. The smallest absolute Gasteiger partial charge is 0.251 e. The molecular formula is C24H29N9O3. The second-order valence-electron chi connectivity index (χ2n) is 8.38. The van der Waals surface area contributed by atoms with E-state index in [4.69, 9.17) is 0 Å². The Hall–Kier alpha value is -4.35. The molecule has 0 aliphatic carbocycles. The third-order valence-electron chi connectivity index (χ3n) is 5.94. The zero-order valence-electron chi connectivity index (χ0n) is 20.1. The molecule has 12 heteroatoms. The third kappa shape index (κ3) is 6.40. The molecule has 0 atom stereocenters. The molecule has 3 N–H and O–H groups in total. The summed E-state index contributed by atoms with van der Waals surface area (Å²) in [6, 6.07) is 10.4. The molecule has 1 aliphatic heterocycles. The molecule has 3 aromatic rings. The largest absolute Gasteiger partial charge is 0.355 e. The minimum Gasteiger partial charge on any atom is -0.355 e. The van der Waals surface area contributed by atoms with Crippen LogP contribution in [0.25, 0.3) is 5.82 Å². The van der Waals surface area contributed by atoms with E-state index >= 15 is 0 Å². The van der Waals surface area contributed by atoms with Crippen LogP contribution in [0.15, 0.2) is 49.1 Å². The first-order chi connectivity index (χ1) is 17.5. The van der Waals surface area contributed by atoms with Crippen LogP contribution in [0.1, 0.15) is 36.5 Å². The van der Waals surface area contributed by atoms with Crippen molar-refractivity contribution in [2.45, 2.75) is 26.2 Å². The van der Waals surface area contributed by atoms with E-state index in [1.807, 2.05) is 12.1 Å². The normalized spacial score (nSPS) is 13.8. The molecular weight excluding hydrogens is 462 g/mol. The Balaban J connectivity index is 1.15. The Labute approximate surface area is 208 Å². The van der Waals surface area contributed by atoms with Crippen LogP contribution in [0.2, 0.25) is 0 Å². The summed E-state index contributed by atoms with van der Waals surface area (Å²) in [4.78, 5) is 42.3. The topological polar surface area (TPSA) is 147 Å². The summed E-state index contributed by atoms with van der Waals surface area (Å²) < 4.78 is 1.54. The van der Waals surface area contributed by atoms with Crippen LogP contribution in [0.4, 0.5) is 11.5 Å². The zero-order valence-corrected chi connectivity index (χ0v) is 20.1. The average molecular weight is 492 g/mol. The second kappa shape index (κ2) is 11.9. The Bertz CT molecular complexity index is 1160. The van der Waals surface area contributed by atoms with Crippen molar-refractivity contribution in [2.75, 3.05) is 36.4 Å². The second-order valence-corrected chi connectivity index (χ2v) is 8.38. The van der Waals surface area contributed by atoms with Gasteiger partial charge in [0.2, 0.25) is 11.8 Å². The number of nitrogens with one attached hydrogen (secondary N) is 3. The van der Waals surface area contributed by atoms with Crippen LogP contribution >= 0.6 is 0 Å². The Morgan fingerprint density at radius 1 is 0.944 bits per heavy atom. The Morgan fingerprint density at radius 2 is 1.64 bits per heavy atom. The number of anilines is 2. The van der Waals surface area contributed by atoms with E-state index in [9.17, 15) is 14.4 Å². The summed E-state index contributed by atoms with van der Waals surface area (Å²) in [5, 5.41) is 21.0. The van der Waals surface area contributed by atoms with E-state index in [-0.39, 0.29) is 23.6 Å². The molecule has 0 unspecified atom stereocenters. The summed E-state index contributed by atoms with van der Waals surface area (Å²) in [5.74, 6) is 0.955. The highest BCUT2D eigenvalue weighted by Crippen LogP contribution is 2.22. The van der Waals surface area contributed by atoms with Gasteiger partial charge >= 0.3 is 0 Å². The first-order valence-electron chi connectivity index (χ1n) is 11.9. The van der Waals surface area contributed by atoms with Crippen molar-refractivity contribution in [3.8, 4) is 5.82 Å². The lowest BCUT2D eigenvalue weighted by molar-refractivity contribution is -0.125. The minimum absolute atomic E-state index is 0.00691. The van der Waals surface area contributed by atoms with E-state index in [2.05, 4.69) is 41.1 Å². The number of benzene rings is 1. The number of amides is 3. The molecule has 1 aliphatic rings. The highest BCUT2D eigenvalue weighted by Gasteiger charge is 2.25. The number of carbonyl (C=O) groups is 3. The zero-order chi connectivity index (χ0) is 25.3. The molecule has 3 amide bonds. The first-order valence-corrected chi connectivity index (χ1v) is 11.9. The molecule has 1 aromatic carbocycles. The molecule has 4 rings (SSSR count). The number of nitrogens with zero attached hydrogens (tertiary/aromatic N) is 6. The average Bonchev–Trinajstić information content (AvgIpc) is 3.46. The van der Waals surface area contributed by atoms with Gasteiger partial charge in [0.1, 0.15) is 12.7 Å². The number of rotatable bonds is 9. The SMILES string of the molecule is CCC(=O)Nc1ccc(C(=O)NCCNC(=O)C2CCN(c3ccc(-n4cncn4)nn3)CC2)cc1. The van der Waals surface area contributed by atoms with Gasteiger partial charge in [0, 0.05) is 49.8 Å². The fraction of sp³-hybridized carbons (Fsp3) is 0.375. The fourth-order valence-electron chi connectivity index (χ4n) is 3.87. The van der Waals surface area contributed by atoms with Gasteiger partial charge in [0.15, 0.2) is 11.6 Å². The van der Waals surface area contributed by atoms with Crippen molar-refractivity contribution in [3.63, 3.8) is 0 Å². The maximum Gasteiger partial charge on any atom is 0.251 e. The van der Waals surface area contributed by atoms with E-state index in [1.165, 1.54) is 6.33 Å². The summed E-state index contributed by atoms with van der Waals surface area (Å²) in [5.41, 5.74) is 1.13. The van der Waals surface area contributed by atoms with Crippen molar-refractivity contribution in [2.24, 2.45) is 5.92 Å². The molecule has 0 bridgehead atoms. The van der Waals surface area contributed by atoms with E-state index in [1.54, 1.807) is 42.2 Å². The van der Waals surface area contributed by atoms with Gasteiger partial charge in [-0.15, -0.1) is 10.2 Å². The van der Waals surface area contributed by atoms with Gasteiger partial charge in [-0.1, -0.05) is 6.92 Å². The van der Waals surface area contributed by atoms with E-state index in [0.29, 0.717) is 62.5 Å². The van der Waals surface area contributed by atoms with Crippen LogP contribution in [0.5, 0.6) is 0 Å². The minimum atomic E-state index is -0.234. The fourth-order valence-corrected chi connectivity index (χ4v) is 3.87. The molecule has 36 heavy (non-hydrogen) atoms. The molecule has 12 nitrogen and oxygen atoms in total. The summed E-state index contributed by atoms with van der Waals surface area (Å²) >= 11 is 0. The monoisotopic (exact) mass is 491 g/mol. The molecule has 0 saturated carbocycles. The maximum absolute atomic E-state index is 12.6. The van der Waals surface area contributed by atoms with Crippen LogP contribution in [0, 0.1) is 5.92 Å². The Kier molecular flexibility index (Phi) is 8.16. The Morgan fingerprint density at radius 3 is 2.28 bits per heavy atom. The van der Waals surface area contributed by atoms with Crippen LogP contribution in [-0.2, 0) is 9.59 Å². The molecule has 0 radical (unpaired) electrons. The molecule has 0 spiro atoms. The molecule has 188 valence electrons. The number of aromatic nitrogens is 5. The molecule has 1 saturated heterocycles. The maximum atomic E-state index is 12.6. The van der Waals surface area contributed by atoms with Crippen LogP contribution < -0.4 is 20.9 Å². The summed E-state index contributed by atoms with van der Waals surface area (Å²) in [7, 11) is 0. The van der Waals surface area contributed by atoms with Gasteiger partial charge < -0.3 is 20.9 Å². The van der Waals surface area contributed by atoms with Gasteiger partial charge in [0.25, 0.3) is 5.91 Å².